The van der Waals surface area contributed by atoms with Crippen LogP contribution in [0.3, 0.4) is 0 Å². The fraction of sp³-hybridized carbons (Fsp3) is 0.0345. The number of aromatic nitrogens is 3. The van der Waals surface area contributed by atoms with E-state index in [9.17, 15) is 0 Å². The standard InChI is InChI=1S/C58H39N3O/c1-6-18-38(19-7-1)43-30-32-46-47-33-31-44(39-20-8-2-9-21-39)37-52(47)61(51(46)36-43)56-49(40-22-10-3-11-23-40)34-45(35-50(56)41-24-12-4-13-25-41)54-57-55(48-28-16-17-29-53(48)62-57)60-58(59-54)42-26-14-5-15-27-42/h1-20,22-37,39H,21H2. The zero-order valence-electron chi connectivity index (χ0n) is 33.8. The molecule has 4 nitrogen and oxygen atoms in total. The van der Waals surface area contributed by atoms with Crippen molar-refractivity contribution in [3.63, 3.8) is 0 Å². The van der Waals surface area contributed by atoms with Gasteiger partial charge >= 0.3 is 0 Å². The second-order valence-electron chi connectivity index (χ2n) is 16.1. The minimum Gasteiger partial charge on any atom is -0.452 e. The molecule has 0 amide bonds. The van der Waals surface area contributed by atoms with E-state index in [0.29, 0.717) is 17.3 Å². The number of fused-ring (bicyclic) bond motifs is 6. The summed E-state index contributed by atoms with van der Waals surface area (Å²) < 4.78 is 9.25. The van der Waals surface area contributed by atoms with E-state index in [-0.39, 0.29) is 0 Å². The van der Waals surface area contributed by atoms with Gasteiger partial charge in [0.2, 0.25) is 0 Å². The van der Waals surface area contributed by atoms with Gasteiger partial charge in [0.1, 0.15) is 16.8 Å². The topological polar surface area (TPSA) is 43.9 Å². The van der Waals surface area contributed by atoms with Crippen molar-refractivity contribution in [1.82, 2.24) is 14.5 Å². The molecule has 0 N–H and O–H groups in total. The highest BCUT2D eigenvalue weighted by Gasteiger charge is 2.25. The van der Waals surface area contributed by atoms with Gasteiger partial charge < -0.3 is 8.98 Å². The van der Waals surface area contributed by atoms with E-state index in [1.54, 1.807) is 0 Å². The van der Waals surface area contributed by atoms with E-state index in [2.05, 4.69) is 187 Å². The van der Waals surface area contributed by atoms with Crippen molar-refractivity contribution in [3.05, 3.63) is 224 Å². The van der Waals surface area contributed by atoms with E-state index in [0.717, 1.165) is 73.2 Å². The number of nitrogens with zero attached hydrogens (tertiary/aromatic N) is 3. The molecule has 12 rings (SSSR count). The van der Waals surface area contributed by atoms with Crippen LogP contribution in [0.25, 0.3) is 106 Å². The molecule has 0 bridgehead atoms. The van der Waals surface area contributed by atoms with Gasteiger partial charge in [0, 0.05) is 44.3 Å². The van der Waals surface area contributed by atoms with Gasteiger partial charge in [-0.3, -0.25) is 0 Å². The summed E-state index contributed by atoms with van der Waals surface area (Å²) in [5.41, 5.74) is 16.3. The number of para-hydroxylation sites is 1. The second-order valence-corrected chi connectivity index (χ2v) is 16.1. The largest absolute Gasteiger partial charge is 0.452 e. The van der Waals surface area contributed by atoms with Gasteiger partial charge in [-0.05, 0) is 70.6 Å². The molecule has 292 valence electrons. The van der Waals surface area contributed by atoms with Crippen molar-refractivity contribution in [2.45, 2.75) is 12.3 Å². The van der Waals surface area contributed by atoms with Crippen LogP contribution in [0, 0.1) is 0 Å². The van der Waals surface area contributed by atoms with Crippen LogP contribution in [0.15, 0.2) is 223 Å². The van der Waals surface area contributed by atoms with Gasteiger partial charge in [-0.25, -0.2) is 9.97 Å². The summed E-state index contributed by atoms with van der Waals surface area (Å²) in [7, 11) is 0. The molecule has 62 heavy (non-hydrogen) atoms. The maximum atomic E-state index is 6.72. The first-order valence-corrected chi connectivity index (χ1v) is 21.3. The molecule has 1 aliphatic carbocycles. The summed E-state index contributed by atoms with van der Waals surface area (Å²) in [4.78, 5) is 10.6. The van der Waals surface area contributed by atoms with Crippen molar-refractivity contribution in [2.24, 2.45) is 0 Å². The Morgan fingerprint density at radius 3 is 1.73 bits per heavy atom. The monoisotopic (exact) mass is 793 g/mol. The van der Waals surface area contributed by atoms with E-state index >= 15 is 0 Å². The Hall–Kier alpha value is -8.08. The number of hydrogen-bond acceptors (Lipinski definition) is 3. The highest BCUT2D eigenvalue weighted by Crippen LogP contribution is 2.46. The highest BCUT2D eigenvalue weighted by atomic mass is 16.3. The van der Waals surface area contributed by atoms with Crippen molar-refractivity contribution in [2.75, 3.05) is 0 Å². The third-order valence-electron chi connectivity index (χ3n) is 12.3. The average molecular weight is 794 g/mol. The number of allylic oxidation sites excluding steroid dienone is 4. The van der Waals surface area contributed by atoms with Crippen LogP contribution in [0.5, 0.6) is 0 Å². The molecule has 3 aromatic heterocycles. The Morgan fingerprint density at radius 2 is 1.06 bits per heavy atom. The summed E-state index contributed by atoms with van der Waals surface area (Å²) >= 11 is 0. The molecule has 1 aliphatic rings. The van der Waals surface area contributed by atoms with Crippen molar-refractivity contribution in [3.8, 4) is 61.7 Å². The lowest BCUT2D eigenvalue weighted by molar-refractivity contribution is 0.667. The summed E-state index contributed by atoms with van der Waals surface area (Å²) in [6.45, 7) is 0. The van der Waals surface area contributed by atoms with Gasteiger partial charge in [0.15, 0.2) is 11.4 Å². The Balaban J connectivity index is 1.22. The molecule has 8 aromatic carbocycles. The minimum absolute atomic E-state index is 0.295. The third-order valence-corrected chi connectivity index (χ3v) is 12.3. The summed E-state index contributed by atoms with van der Waals surface area (Å²) in [6, 6.07) is 69.3. The van der Waals surface area contributed by atoms with Gasteiger partial charge in [0.25, 0.3) is 0 Å². The van der Waals surface area contributed by atoms with Crippen LogP contribution in [0.4, 0.5) is 0 Å². The molecule has 0 aliphatic heterocycles. The van der Waals surface area contributed by atoms with Crippen molar-refractivity contribution < 1.29 is 4.42 Å². The lowest BCUT2D eigenvalue weighted by Gasteiger charge is -2.22. The summed E-state index contributed by atoms with van der Waals surface area (Å²) in [6.07, 6.45) is 9.89. The van der Waals surface area contributed by atoms with Crippen LogP contribution in [0.1, 0.15) is 17.9 Å². The smallest absolute Gasteiger partial charge is 0.180 e. The molecule has 4 heteroatoms. The van der Waals surface area contributed by atoms with Crippen LogP contribution in [-0.2, 0) is 0 Å². The van der Waals surface area contributed by atoms with E-state index in [1.165, 1.54) is 33.0 Å². The molecule has 3 heterocycles. The van der Waals surface area contributed by atoms with Crippen LogP contribution in [0.2, 0.25) is 0 Å². The lowest BCUT2D eigenvalue weighted by Crippen LogP contribution is -2.03. The Bertz CT molecular complexity index is 3470. The minimum atomic E-state index is 0.295. The first-order chi connectivity index (χ1) is 30.7. The van der Waals surface area contributed by atoms with E-state index in [1.807, 2.05) is 36.4 Å². The fourth-order valence-corrected chi connectivity index (χ4v) is 9.34. The lowest BCUT2D eigenvalue weighted by atomic mass is 9.91. The zero-order chi connectivity index (χ0) is 41.0. The quantitative estimate of drug-likeness (QED) is 0.161. The highest BCUT2D eigenvalue weighted by molar-refractivity contribution is 6.13. The molecule has 0 spiro atoms. The Morgan fingerprint density at radius 1 is 0.468 bits per heavy atom. The Labute approximate surface area is 359 Å². The predicted molar refractivity (Wildman–Crippen MR) is 256 cm³/mol. The SMILES string of the molecule is C1=CCC(c2ccc3c4ccc(-c5ccccc5)cc4n(-c4c(-c5ccccc5)cc(-c5nc(-c6ccccc6)nc6c5oc5ccccc56)cc4-c4ccccc4)c3c2)C=C1. The fourth-order valence-electron chi connectivity index (χ4n) is 9.34. The van der Waals surface area contributed by atoms with Crippen molar-refractivity contribution >= 4 is 43.9 Å². The van der Waals surface area contributed by atoms with Gasteiger partial charge in [-0.15, -0.1) is 0 Å². The summed E-state index contributed by atoms with van der Waals surface area (Å²) in [5, 5.41) is 3.39. The number of benzene rings is 8. The third kappa shape index (κ3) is 6.07. The van der Waals surface area contributed by atoms with Crippen LogP contribution in [-0.4, -0.2) is 14.5 Å². The predicted octanol–water partition coefficient (Wildman–Crippen LogP) is 15.4. The van der Waals surface area contributed by atoms with Crippen LogP contribution < -0.4 is 0 Å². The molecule has 0 radical (unpaired) electrons. The molecule has 1 unspecified atom stereocenters. The van der Waals surface area contributed by atoms with E-state index < -0.39 is 0 Å². The average Bonchev–Trinajstić information content (AvgIpc) is 3.89. The number of rotatable bonds is 7. The van der Waals surface area contributed by atoms with Gasteiger partial charge in [-0.1, -0.05) is 182 Å². The molecule has 1 atom stereocenters. The maximum Gasteiger partial charge on any atom is 0.180 e. The first kappa shape index (κ1) is 35.8. The molecule has 0 saturated carbocycles. The van der Waals surface area contributed by atoms with Gasteiger partial charge in [0.05, 0.1) is 16.7 Å². The molecular formula is C58H39N3O. The molecule has 11 aromatic rings. The second kappa shape index (κ2) is 14.9. The first-order valence-electron chi connectivity index (χ1n) is 21.3. The zero-order valence-corrected chi connectivity index (χ0v) is 33.8. The number of hydrogen-bond donors (Lipinski definition) is 0. The maximum absolute atomic E-state index is 6.72. The van der Waals surface area contributed by atoms with Crippen molar-refractivity contribution in [1.29, 1.82) is 0 Å². The molecule has 0 saturated heterocycles. The molecule has 0 fully saturated rings. The normalized spacial score (nSPS) is 13.8. The van der Waals surface area contributed by atoms with E-state index in [4.69, 9.17) is 14.4 Å². The van der Waals surface area contributed by atoms with Crippen LogP contribution >= 0.6 is 0 Å². The van der Waals surface area contributed by atoms with Gasteiger partial charge in [-0.2, -0.15) is 0 Å². The molecular weight excluding hydrogens is 755 g/mol. The number of furan rings is 1. The Kier molecular flexibility index (Phi) is 8.60. The summed E-state index contributed by atoms with van der Waals surface area (Å²) in [5.74, 6) is 0.948.